The van der Waals surface area contributed by atoms with Gasteiger partial charge in [0.1, 0.15) is 17.0 Å². The van der Waals surface area contributed by atoms with Gasteiger partial charge in [0.15, 0.2) is 0 Å². The third-order valence-corrected chi connectivity index (χ3v) is 6.66. The Morgan fingerprint density at radius 1 is 1.14 bits per heavy atom. The molecule has 12 heteroatoms. The van der Waals surface area contributed by atoms with Crippen LogP contribution >= 0.6 is 23.2 Å². The fourth-order valence-corrected chi connectivity index (χ4v) is 4.74. The van der Waals surface area contributed by atoms with Gasteiger partial charge in [0, 0.05) is 37.9 Å². The van der Waals surface area contributed by atoms with Crippen molar-refractivity contribution in [2.24, 2.45) is 5.92 Å². The molecule has 0 saturated carbocycles. The fraction of sp³-hybridized carbons (Fsp3) is 0.250. The number of halogens is 3. The summed E-state index contributed by atoms with van der Waals surface area (Å²) in [7, 11) is 1.38. The number of aliphatic hydroxyl groups is 1. The van der Waals surface area contributed by atoms with Crippen LogP contribution in [0.5, 0.6) is 5.88 Å². The molecule has 5 rings (SSSR count). The molecule has 0 radical (unpaired) electrons. The van der Waals surface area contributed by atoms with Crippen molar-refractivity contribution in [1.82, 2.24) is 19.1 Å². The minimum absolute atomic E-state index is 0.00523. The first-order valence-corrected chi connectivity index (χ1v) is 11.8. The zero-order valence-electron chi connectivity index (χ0n) is 19.0. The zero-order valence-corrected chi connectivity index (χ0v) is 20.5. The van der Waals surface area contributed by atoms with E-state index >= 15 is 0 Å². The van der Waals surface area contributed by atoms with E-state index in [4.69, 9.17) is 27.9 Å². The smallest absolute Gasteiger partial charge is 0.340 e. The van der Waals surface area contributed by atoms with Crippen LogP contribution in [0, 0.1) is 11.7 Å². The van der Waals surface area contributed by atoms with Gasteiger partial charge >= 0.3 is 5.69 Å². The molecule has 0 unspecified atom stereocenters. The van der Waals surface area contributed by atoms with Crippen molar-refractivity contribution in [2.75, 3.05) is 31.7 Å². The Morgan fingerprint density at radius 2 is 1.94 bits per heavy atom. The summed E-state index contributed by atoms with van der Waals surface area (Å²) in [6.45, 7) is 1.22. The molecule has 36 heavy (non-hydrogen) atoms. The Labute approximate surface area is 213 Å². The maximum atomic E-state index is 14.0. The lowest BCUT2D eigenvalue weighted by Crippen LogP contribution is -2.39. The molecule has 0 amide bonds. The summed E-state index contributed by atoms with van der Waals surface area (Å²) >= 11 is 12.1. The molecule has 1 fully saturated rings. The summed E-state index contributed by atoms with van der Waals surface area (Å²) < 4.78 is 21.6. The molecule has 0 aliphatic carbocycles. The van der Waals surface area contributed by atoms with Gasteiger partial charge in [0.25, 0.3) is 5.56 Å². The highest BCUT2D eigenvalue weighted by molar-refractivity contribution is 6.31. The lowest BCUT2D eigenvalue weighted by molar-refractivity contribution is 0.238. The Bertz CT molecular complexity index is 1610. The number of anilines is 1. The van der Waals surface area contributed by atoms with Crippen molar-refractivity contribution in [3.63, 3.8) is 0 Å². The maximum absolute atomic E-state index is 14.0. The van der Waals surface area contributed by atoms with Crippen LogP contribution in [0.15, 0.2) is 52.3 Å². The van der Waals surface area contributed by atoms with Gasteiger partial charge in [-0.3, -0.25) is 14.3 Å². The molecule has 4 heterocycles. The first-order chi connectivity index (χ1) is 17.3. The summed E-state index contributed by atoms with van der Waals surface area (Å²) in [5, 5.41) is 9.62. The largest absolute Gasteiger partial charge is 0.480 e. The quantitative estimate of drug-likeness (QED) is 0.421. The minimum Gasteiger partial charge on any atom is -0.480 e. The minimum atomic E-state index is -0.742. The number of nitrogens with zero attached hydrogens (tertiary/aromatic N) is 5. The lowest BCUT2D eigenvalue weighted by atomic mass is 10.1. The standard InChI is InChI=1S/C24H20Cl2FN5O4/c1-36-22-21-19(8-20(29-22)30-5-4-13(11-30)12-33)31(15-2-3-18(27)17(26)7-15)24(35)32(23(21)34)16-6-14(25)9-28-10-16/h2-3,6-10,13,33H,4-5,11-12H2,1H3/t13-/m1/s1. The van der Waals surface area contributed by atoms with Crippen LogP contribution in [0.3, 0.4) is 0 Å². The van der Waals surface area contributed by atoms with Crippen LogP contribution in [0.1, 0.15) is 6.42 Å². The molecule has 4 aromatic rings. The number of rotatable bonds is 5. The molecule has 1 N–H and O–H groups in total. The predicted octanol–water partition coefficient (Wildman–Crippen LogP) is 3.20. The number of aromatic nitrogens is 4. The normalized spacial score (nSPS) is 15.6. The van der Waals surface area contributed by atoms with Crippen molar-refractivity contribution in [3.8, 4) is 17.3 Å². The number of aliphatic hydroxyl groups excluding tert-OH is 1. The van der Waals surface area contributed by atoms with Crippen molar-refractivity contribution in [3.05, 3.63) is 79.4 Å². The number of pyridine rings is 2. The topological polar surface area (TPSA) is 102 Å². The Balaban J connectivity index is 1.89. The van der Waals surface area contributed by atoms with Gasteiger partial charge in [-0.25, -0.2) is 13.8 Å². The average molecular weight is 532 g/mol. The van der Waals surface area contributed by atoms with Crippen LogP contribution in [-0.2, 0) is 0 Å². The Morgan fingerprint density at radius 3 is 2.61 bits per heavy atom. The van der Waals surface area contributed by atoms with E-state index in [1.54, 1.807) is 6.07 Å². The lowest BCUT2D eigenvalue weighted by Gasteiger charge is -2.21. The molecule has 186 valence electrons. The van der Waals surface area contributed by atoms with Crippen LogP contribution in [0.25, 0.3) is 22.3 Å². The molecule has 1 aromatic carbocycles. The summed E-state index contributed by atoms with van der Waals surface area (Å²) in [6.07, 6.45) is 3.47. The number of benzene rings is 1. The Hall–Kier alpha value is -3.47. The summed E-state index contributed by atoms with van der Waals surface area (Å²) in [6, 6.07) is 6.86. The second-order valence-electron chi connectivity index (χ2n) is 8.39. The molecule has 1 aliphatic heterocycles. The van der Waals surface area contributed by atoms with E-state index in [2.05, 4.69) is 9.97 Å². The van der Waals surface area contributed by atoms with E-state index in [1.807, 2.05) is 4.90 Å². The fourth-order valence-electron chi connectivity index (χ4n) is 4.40. The van der Waals surface area contributed by atoms with Gasteiger partial charge in [-0.1, -0.05) is 23.2 Å². The van der Waals surface area contributed by atoms with Crippen LogP contribution in [0.2, 0.25) is 10.0 Å². The Kier molecular flexibility index (Phi) is 6.42. The molecular weight excluding hydrogens is 512 g/mol. The van der Waals surface area contributed by atoms with Crippen molar-refractivity contribution in [2.45, 2.75) is 6.42 Å². The summed E-state index contributed by atoms with van der Waals surface area (Å²) in [4.78, 5) is 38.0. The first kappa shape index (κ1) is 24.2. The number of hydrogen-bond acceptors (Lipinski definition) is 7. The molecule has 0 spiro atoms. The molecule has 1 atom stereocenters. The highest BCUT2D eigenvalue weighted by atomic mass is 35.5. The first-order valence-electron chi connectivity index (χ1n) is 11.0. The zero-order chi connectivity index (χ0) is 25.6. The van der Waals surface area contributed by atoms with Crippen LogP contribution < -0.4 is 20.9 Å². The van der Waals surface area contributed by atoms with E-state index in [1.165, 1.54) is 42.3 Å². The van der Waals surface area contributed by atoms with E-state index in [0.29, 0.717) is 18.9 Å². The third-order valence-electron chi connectivity index (χ3n) is 6.16. The van der Waals surface area contributed by atoms with E-state index in [9.17, 15) is 19.1 Å². The van der Waals surface area contributed by atoms with Gasteiger partial charge < -0.3 is 14.7 Å². The highest BCUT2D eigenvalue weighted by Gasteiger charge is 2.27. The molecule has 1 saturated heterocycles. The summed E-state index contributed by atoms with van der Waals surface area (Å²) in [5.74, 6) is -0.101. The third kappa shape index (κ3) is 4.11. The SMILES string of the molecule is COc1nc(N2CC[C@@H](CO)C2)cc2c1c(=O)n(-c1cncc(Cl)c1)c(=O)n2-c1ccc(F)c(Cl)c1. The number of fused-ring (bicyclic) bond motifs is 1. The second kappa shape index (κ2) is 9.53. The van der Waals surface area contributed by atoms with Gasteiger partial charge in [-0.05, 0) is 30.7 Å². The number of methoxy groups -OCH3 is 1. The van der Waals surface area contributed by atoms with Crippen LogP contribution in [-0.4, -0.2) is 51.0 Å². The number of ether oxygens (including phenoxy) is 1. The molecule has 0 bridgehead atoms. The average Bonchev–Trinajstić information content (AvgIpc) is 3.35. The van der Waals surface area contributed by atoms with Gasteiger partial charge in [-0.15, -0.1) is 0 Å². The van der Waals surface area contributed by atoms with E-state index in [0.717, 1.165) is 17.1 Å². The predicted molar refractivity (Wildman–Crippen MR) is 135 cm³/mol. The monoisotopic (exact) mass is 531 g/mol. The number of hydrogen-bond donors (Lipinski definition) is 1. The van der Waals surface area contributed by atoms with Gasteiger partial charge in [0.2, 0.25) is 5.88 Å². The van der Waals surface area contributed by atoms with E-state index < -0.39 is 17.1 Å². The van der Waals surface area contributed by atoms with Crippen LogP contribution in [0.4, 0.5) is 10.2 Å². The van der Waals surface area contributed by atoms with Crippen molar-refractivity contribution in [1.29, 1.82) is 0 Å². The molecular formula is C24H20Cl2FN5O4. The molecule has 1 aliphatic rings. The maximum Gasteiger partial charge on any atom is 0.340 e. The second-order valence-corrected chi connectivity index (χ2v) is 9.23. The van der Waals surface area contributed by atoms with Gasteiger partial charge in [0.05, 0.1) is 40.2 Å². The van der Waals surface area contributed by atoms with Crippen molar-refractivity contribution >= 4 is 39.9 Å². The van der Waals surface area contributed by atoms with E-state index in [-0.39, 0.29) is 50.7 Å². The summed E-state index contributed by atoms with van der Waals surface area (Å²) in [5.41, 5.74) is -0.859. The molecule has 9 nitrogen and oxygen atoms in total. The van der Waals surface area contributed by atoms with Crippen molar-refractivity contribution < 1.29 is 14.2 Å². The highest BCUT2D eigenvalue weighted by Crippen LogP contribution is 2.30. The van der Waals surface area contributed by atoms with Gasteiger partial charge in [-0.2, -0.15) is 4.98 Å². The molecule has 3 aromatic heterocycles.